The summed E-state index contributed by atoms with van der Waals surface area (Å²) in [6.07, 6.45) is -0.322. The van der Waals surface area contributed by atoms with Crippen molar-refractivity contribution < 1.29 is 5.11 Å². The Morgan fingerprint density at radius 3 is 2.82 bits per heavy atom. The van der Waals surface area contributed by atoms with Gasteiger partial charge in [0.15, 0.2) is 0 Å². The molecule has 2 aromatic carbocycles. The lowest BCUT2D eigenvalue weighted by molar-refractivity contribution is 0.200. The van der Waals surface area contributed by atoms with Gasteiger partial charge in [0.05, 0.1) is 12.8 Å². The Morgan fingerprint density at radius 2 is 2.06 bits per heavy atom. The van der Waals surface area contributed by atoms with E-state index >= 15 is 0 Å². The van der Waals surface area contributed by atoms with E-state index in [1.165, 1.54) is 22.1 Å². The van der Waals surface area contributed by atoms with Crippen LogP contribution in [0.1, 0.15) is 6.92 Å². The van der Waals surface area contributed by atoms with Crippen LogP contribution >= 0.6 is 0 Å². The Kier molecular flexibility index (Phi) is 2.41. The van der Waals surface area contributed by atoms with Crippen LogP contribution in [0.3, 0.4) is 0 Å². The summed E-state index contributed by atoms with van der Waals surface area (Å²) in [6.45, 7) is 3.22. The summed E-state index contributed by atoms with van der Waals surface area (Å²) in [5, 5.41) is 15.4. The highest BCUT2D eigenvalue weighted by molar-refractivity contribution is 6.04. The Bertz CT molecular complexity index is 546. The van der Waals surface area contributed by atoms with Crippen LogP contribution < -0.4 is 10.2 Å². The highest BCUT2D eigenvalue weighted by atomic mass is 16.3. The molecule has 0 fully saturated rings. The van der Waals surface area contributed by atoms with Gasteiger partial charge in [0.2, 0.25) is 0 Å². The van der Waals surface area contributed by atoms with E-state index in [-0.39, 0.29) is 6.10 Å². The van der Waals surface area contributed by atoms with E-state index in [4.69, 9.17) is 0 Å². The number of aliphatic hydroxyl groups is 1. The molecule has 88 valence electrons. The number of nitrogens with one attached hydrogen (secondary N) is 1. The minimum Gasteiger partial charge on any atom is -0.392 e. The molecule has 3 heteroatoms. The van der Waals surface area contributed by atoms with Crippen LogP contribution in [0.2, 0.25) is 0 Å². The van der Waals surface area contributed by atoms with Crippen LogP contribution in [0, 0.1) is 0 Å². The van der Waals surface area contributed by atoms with Crippen molar-refractivity contribution in [3.63, 3.8) is 0 Å². The van der Waals surface area contributed by atoms with Gasteiger partial charge in [-0.3, -0.25) is 0 Å². The summed E-state index contributed by atoms with van der Waals surface area (Å²) >= 11 is 0. The molecule has 2 N–H and O–H groups in total. The van der Waals surface area contributed by atoms with Crippen LogP contribution in [-0.2, 0) is 0 Å². The zero-order chi connectivity index (χ0) is 11.8. The number of aliphatic hydroxyl groups excluding tert-OH is 1. The monoisotopic (exact) mass is 228 g/mol. The van der Waals surface area contributed by atoms with Crippen LogP contribution in [0.5, 0.6) is 0 Å². The molecule has 0 spiro atoms. The van der Waals surface area contributed by atoms with E-state index in [1.54, 1.807) is 0 Å². The van der Waals surface area contributed by atoms with Crippen molar-refractivity contribution >= 4 is 22.1 Å². The lowest BCUT2D eigenvalue weighted by atomic mass is 10.0. The van der Waals surface area contributed by atoms with Gasteiger partial charge in [0.1, 0.15) is 0 Å². The summed E-state index contributed by atoms with van der Waals surface area (Å²) in [5.74, 6) is 0. The van der Waals surface area contributed by atoms with Gasteiger partial charge in [-0.05, 0) is 24.4 Å². The zero-order valence-electron chi connectivity index (χ0n) is 9.85. The molecule has 0 aliphatic carbocycles. The number of rotatable bonds is 2. The van der Waals surface area contributed by atoms with Crippen molar-refractivity contribution in [2.24, 2.45) is 0 Å². The molecular formula is C14H16N2O. The first kappa shape index (κ1) is 10.4. The van der Waals surface area contributed by atoms with Crippen molar-refractivity contribution in [2.75, 3.05) is 23.4 Å². The third-order valence-corrected chi connectivity index (χ3v) is 3.17. The molecule has 1 unspecified atom stereocenters. The van der Waals surface area contributed by atoms with Gasteiger partial charge in [-0.2, -0.15) is 0 Å². The lowest BCUT2D eigenvalue weighted by Crippen LogP contribution is -2.37. The normalized spacial score (nSPS) is 15.8. The fourth-order valence-electron chi connectivity index (χ4n) is 2.48. The van der Waals surface area contributed by atoms with Gasteiger partial charge in [0.25, 0.3) is 0 Å². The molecule has 0 radical (unpaired) electrons. The van der Waals surface area contributed by atoms with E-state index in [1.807, 2.05) is 6.92 Å². The van der Waals surface area contributed by atoms with Gasteiger partial charge in [-0.15, -0.1) is 0 Å². The second-order valence-corrected chi connectivity index (χ2v) is 4.59. The van der Waals surface area contributed by atoms with Crippen molar-refractivity contribution in [3.8, 4) is 0 Å². The lowest BCUT2D eigenvalue weighted by Gasteiger charge is -2.33. The van der Waals surface area contributed by atoms with Crippen molar-refractivity contribution in [2.45, 2.75) is 13.0 Å². The summed E-state index contributed by atoms with van der Waals surface area (Å²) in [7, 11) is 0. The zero-order valence-corrected chi connectivity index (χ0v) is 9.85. The molecule has 1 aliphatic rings. The fourth-order valence-corrected chi connectivity index (χ4v) is 2.48. The van der Waals surface area contributed by atoms with E-state index < -0.39 is 0 Å². The number of β-amino-alcohol motifs (C(OH)–C–C–N with tert-alkyl or cyclic N) is 1. The van der Waals surface area contributed by atoms with Gasteiger partial charge in [0, 0.05) is 23.3 Å². The number of benzene rings is 2. The first-order chi connectivity index (χ1) is 8.25. The number of anilines is 2. The molecule has 0 saturated carbocycles. The van der Waals surface area contributed by atoms with Crippen LogP contribution in [0.15, 0.2) is 36.4 Å². The molecule has 1 aliphatic heterocycles. The predicted molar refractivity (Wildman–Crippen MR) is 71.5 cm³/mol. The maximum atomic E-state index is 9.54. The summed E-state index contributed by atoms with van der Waals surface area (Å²) < 4.78 is 0. The second-order valence-electron chi connectivity index (χ2n) is 4.59. The standard InChI is InChI=1S/C14H16N2O/c1-10(17)8-16-9-15-12-6-2-4-11-5-3-7-13(16)14(11)12/h2-7,10,15,17H,8-9H2,1H3. The van der Waals surface area contributed by atoms with Crippen LogP contribution in [0.4, 0.5) is 11.4 Å². The Hall–Kier alpha value is -1.74. The van der Waals surface area contributed by atoms with E-state index in [0.29, 0.717) is 6.54 Å². The molecule has 0 aromatic heterocycles. The molecule has 1 heterocycles. The average Bonchev–Trinajstić information content (AvgIpc) is 2.33. The van der Waals surface area contributed by atoms with E-state index in [0.717, 1.165) is 6.67 Å². The average molecular weight is 228 g/mol. The number of nitrogens with zero attached hydrogens (tertiary/aromatic N) is 1. The minimum atomic E-state index is -0.322. The Labute approximate surface area is 101 Å². The van der Waals surface area contributed by atoms with E-state index in [9.17, 15) is 5.11 Å². The third-order valence-electron chi connectivity index (χ3n) is 3.17. The number of hydrogen-bond acceptors (Lipinski definition) is 3. The van der Waals surface area contributed by atoms with Crippen molar-refractivity contribution in [3.05, 3.63) is 36.4 Å². The first-order valence-corrected chi connectivity index (χ1v) is 5.94. The maximum absolute atomic E-state index is 9.54. The Balaban J connectivity index is 2.16. The predicted octanol–water partition coefficient (Wildman–Crippen LogP) is 2.41. The molecule has 0 saturated heterocycles. The van der Waals surface area contributed by atoms with Gasteiger partial charge < -0.3 is 15.3 Å². The van der Waals surface area contributed by atoms with Crippen LogP contribution in [-0.4, -0.2) is 24.4 Å². The second kappa shape index (κ2) is 3.93. The summed E-state index contributed by atoms with van der Waals surface area (Å²) in [6, 6.07) is 12.6. The maximum Gasteiger partial charge on any atom is 0.0877 e. The van der Waals surface area contributed by atoms with Gasteiger partial charge >= 0.3 is 0 Å². The van der Waals surface area contributed by atoms with Gasteiger partial charge in [-0.25, -0.2) is 0 Å². The van der Waals surface area contributed by atoms with Crippen molar-refractivity contribution in [1.82, 2.24) is 0 Å². The molecule has 0 bridgehead atoms. The summed E-state index contributed by atoms with van der Waals surface area (Å²) in [5.41, 5.74) is 2.39. The van der Waals surface area contributed by atoms with Gasteiger partial charge in [-0.1, -0.05) is 24.3 Å². The molecular weight excluding hydrogens is 212 g/mol. The molecule has 0 amide bonds. The van der Waals surface area contributed by atoms with Crippen LogP contribution in [0.25, 0.3) is 10.8 Å². The highest BCUT2D eigenvalue weighted by Crippen LogP contribution is 2.35. The highest BCUT2D eigenvalue weighted by Gasteiger charge is 2.18. The number of hydrogen-bond donors (Lipinski definition) is 2. The summed E-state index contributed by atoms with van der Waals surface area (Å²) in [4.78, 5) is 2.18. The van der Waals surface area contributed by atoms with Crippen molar-refractivity contribution in [1.29, 1.82) is 0 Å². The quantitative estimate of drug-likeness (QED) is 0.828. The minimum absolute atomic E-state index is 0.322. The molecule has 3 rings (SSSR count). The Morgan fingerprint density at radius 1 is 1.29 bits per heavy atom. The molecule has 2 aromatic rings. The first-order valence-electron chi connectivity index (χ1n) is 5.94. The third kappa shape index (κ3) is 1.72. The largest absolute Gasteiger partial charge is 0.392 e. The molecule has 3 nitrogen and oxygen atoms in total. The SMILES string of the molecule is CC(O)CN1CNc2cccc3cccc1c23. The van der Waals surface area contributed by atoms with E-state index in [2.05, 4.69) is 46.6 Å². The molecule has 17 heavy (non-hydrogen) atoms. The topological polar surface area (TPSA) is 35.5 Å². The fraction of sp³-hybridized carbons (Fsp3) is 0.286. The smallest absolute Gasteiger partial charge is 0.0877 e. The molecule has 1 atom stereocenters.